The molecule has 1 saturated heterocycles. The number of anilines is 2. The predicted octanol–water partition coefficient (Wildman–Crippen LogP) is 3.03. The SMILES string of the molecule is N#Cc1ccccc1NC1CCN(c2ccncc2)CC1. The Bertz CT molecular complexity index is 625. The molecule has 0 spiro atoms. The van der Waals surface area contributed by atoms with Gasteiger partial charge in [0.2, 0.25) is 0 Å². The van der Waals surface area contributed by atoms with Crippen molar-refractivity contribution in [3.05, 3.63) is 54.4 Å². The number of hydrogen-bond acceptors (Lipinski definition) is 4. The third kappa shape index (κ3) is 3.14. The molecule has 0 saturated carbocycles. The Hall–Kier alpha value is -2.54. The first-order valence-corrected chi connectivity index (χ1v) is 7.27. The number of para-hydroxylation sites is 1. The Morgan fingerprint density at radius 2 is 1.81 bits per heavy atom. The van der Waals surface area contributed by atoms with Crippen molar-refractivity contribution in [2.45, 2.75) is 18.9 Å². The molecule has 106 valence electrons. The lowest BCUT2D eigenvalue weighted by atomic mass is 10.0. The van der Waals surface area contributed by atoms with Crippen molar-refractivity contribution in [3.8, 4) is 6.07 Å². The number of benzene rings is 1. The lowest BCUT2D eigenvalue weighted by molar-refractivity contribution is 0.526. The predicted molar refractivity (Wildman–Crippen MR) is 84.3 cm³/mol. The van der Waals surface area contributed by atoms with Crippen LogP contribution in [0.15, 0.2) is 48.8 Å². The lowest BCUT2D eigenvalue weighted by Crippen LogP contribution is -2.39. The van der Waals surface area contributed by atoms with Crippen molar-refractivity contribution < 1.29 is 0 Å². The zero-order valence-corrected chi connectivity index (χ0v) is 11.9. The van der Waals surface area contributed by atoms with E-state index in [4.69, 9.17) is 5.26 Å². The van der Waals surface area contributed by atoms with Crippen LogP contribution in [-0.4, -0.2) is 24.1 Å². The van der Waals surface area contributed by atoms with Crippen LogP contribution >= 0.6 is 0 Å². The van der Waals surface area contributed by atoms with E-state index >= 15 is 0 Å². The third-order valence-corrected chi connectivity index (χ3v) is 3.93. The molecule has 1 N–H and O–H groups in total. The van der Waals surface area contributed by atoms with Gasteiger partial charge in [0.25, 0.3) is 0 Å². The molecule has 1 aliphatic rings. The van der Waals surface area contributed by atoms with Crippen LogP contribution in [0.2, 0.25) is 0 Å². The lowest BCUT2D eigenvalue weighted by Gasteiger charge is -2.34. The molecule has 0 unspecified atom stereocenters. The van der Waals surface area contributed by atoms with E-state index in [2.05, 4.69) is 33.4 Å². The van der Waals surface area contributed by atoms with Crippen molar-refractivity contribution >= 4 is 11.4 Å². The number of rotatable bonds is 3. The minimum Gasteiger partial charge on any atom is -0.381 e. The number of aromatic nitrogens is 1. The first-order chi connectivity index (χ1) is 10.4. The van der Waals surface area contributed by atoms with Crippen molar-refractivity contribution in [3.63, 3.8) is 0 Å². The number of pyridine rings is 1. The van der Waals surface area contributed by atoms with Crippen LogP contribution < -0.4 is 10.2 Å². The average molecular weight is 278 g/mol. The molecule has 1 fully saturated rings. The standard InChI is InChI=1S/C17H18N4/c18-13-14-3-1-2-4-17(14)20-15-7-11-21(12-8-15)16-5-9-19-10-6-16/h1-6,9-10,15,20H,7-8,11-12H2. The van der Waals surface area contributed by atoms with Crippen molar-refractivity contribution in [1.82, 2.24) is 4.98 Å². The maximum Gasteiger partial charge on any atom is 0.101 e. The zero-order chi connectivity index (χ0) is 14.5. The van der Waals surface area contributed by atoms with E-state index in [9.17, 15) is 0 Å². The summed E-state index contributed by atoms with van der Waals surface area (Å²) in [7, 11) is 0. The molecule has 0 aliphatic carbocycles. The minimum absolute atomic E-state index is 0.428. The van der Waals surface area contributed by atoms with Gasteiger partial charge in [-0.2, -0.15) is 5.26 Å². The molecular weight excluding hydrogens is 260 g/mol. The second-order valence-corrected chi connectivity index (χ2v) is 5.27. The molecular formula is C17H18N4. The quantitative estimate of drug-likeness (QED) is 0.937. The van der Waals surface area contributed by atoms with Gasteiger partial charge in [-0.3, -0.25) is 4.98 Å². The maximum atomic E-state index is 9.13. The van der Waals surface area contributed by atoms with Gasteiger partial charge in [-0.1, -0.05) is 12.1 Å². The van der Waals surface area contributed by atoms with E-state index in [1.54, 1.807) is 0 Å². The summed E-state index contributed by atoms with van der Waals surface area (Å²) in [6, 6.07) is 14.5. The first kappa shape index (κ1) is 13.4. The van der Waals surface area contributed by atoms with E-state index in [1.807, 2.05) is 36.7 Å². The highest BCUT2D eigenvalue weighted by Gasteiger charge is 2.19. The second kappa shape index (κ2) is 6.27. The molecule has 3 rings (SSSR count). The van der Waals surface area contributed by atoms with Crippen LogP contribution in [-0.2, 0) is 0 Å². The average Bonchev–Trinajstić information content (AvgIpc) is 2.57. The van der Waals surface area contributed by atoms with Gasteiger partial charge in [-0.05, 0) is 37.1 Å². The number of nitrogens with zero attached hydrogens (tertiary/aromatic N) is 3. The van der Waals surface area contributed by atoms with E-state index in [1.165, 1.54) is 5.69 Å². The molecule has 21 heavy (non-hydrogen) atoms. The molecule has 2 heterocycles. The second-order valence-electron chi connectivity index (χ2n) is 5.27. The fourth-order valence-electron chi connectivity index (χ4n) is 2.76. The van der Waals surface area contributed by atoms with Crippen molar-refractivity contribution in [2.24, 2.45) is 0 Å². The molecule has 0 radical (unpaired) electrons. The summed E-state index contributed by atoms with van der Waals surface area (Å²) >= 11 is 0. The van der Waals surface area contributed by atoms with E-state index in [0.29, 0.717) is 11.6 Å². The fraction of sp³-hybridized carbons (Fsp3) is 0.294. The molecule has 4 nitrogen and oxygen atoms in total. The van der Waals surface area contributed by atoms with E-state index < -0.39 is 0 Å². The van der Waals surface area contributed by atoms with Crippen molar-refractivity contribution in [2.75, 3.05) is 23.3 Å². The van der Waals surface area contributed by atoms with Crippen LogP contribution in [0.4, 0.5) is 11.4 Å². The molecule has 1 aromatic heterocycles. The van der Waals surface area contributed by atoms with Crippen LogP contribution in [0.25, 0.3) is 0 Å². The van der Waals surface area contributed by atoms with Gasteiger partial charge in [0.1, 0.15) is 6.07 Å². The summed E-state index contributed by atoms with van der Waals surface area (Å²) in [5, 5.41) is 12.6. The Balaban J connectivity index is 1.60. The van der Waals surface area contributed by atoms with E-state index in [0.717, 1.165) is 31.6 Å². The molecule has 0 bridgehead atoms. The summed E-state index contributed by atoms with van der Waals surface area (Å²) in [5.41, 5.74) is 2.90. The highest BCUT2D eigenvalue weighted by atomic mass is 15.1. The van der Waals surface area contributed by atoms with Crippen LogP contribution in [0, 0.1) is 11.3 Å². The number of piperidine rings is 1. The van der Waals surface area contributed by atoms with Gasteiger partial charge >= 0.3 is 0 Å². The van der Waals surface area contributed by atoms with Gasteiger partial charge in [0.15, 0.2) is 0 Å². The number of hydrogen-bond donors (Lipinski definition) is 1. The van der Waals surface area contributed by atoms with Gasteiger partial charge in [0.05, 0.1) is 11.3 Å². The molecule has 1 aromatic carbocycles. The fourth-order valence-corrected chi connectivity index (χ4v) is 2.76. The first-order valence-electron chi connectivity index (χ1n) is 7.27. The molecule has 1 aliphatic heterocycles. The van der Waals surface area contributed by atoms with Crippen LogP contribution in [0.1, 0.15) is 18.4 Å². The Morgan fingerprint density at radius 1 is 1.10 bits per heavy atom. The molecule has 4 heteroatoms. The summed E-state index contributed by atoms with van der Waals surface area (Å²) in [5.74, 6) is 0. The van der Waals surface area contributed by atoms with E-state index in [-0.39, 0.29) is 0 Å². The summed E-state index contributed by atoms with van der Waals surface area (Å²) in [6.07, 6.45) is 5.82. The summed E-state index contributed by atoms with van der Waals surface area (Å²) in [6.45, 7) is 2.05. The number of nitrogens with one attached hydrogen (secondary N) is 1. The third-order valence-electron chi connectivity index (χ3n) is 3.93. The van der Waals surface area contributed by atoms with Gasteiger partial charge in [0, 0.05) is 37.2 Å². The topological polar surface area (TPSA) is 52.0 Å². The molecule has 0 atom stereocenters. The monoisotopic (exact) mass is 278 g/mol. The van der Waals surface area contributed by atoms with Crippen molar-refractivity contribution in [1.29, 1.82) is 5.26 Å². The summed E-state index contributed by atoms with van der Waals surface area (Å²) in [4.78, 5) is 6.45. The number of nitriles is 1. The Labute approximate surface area is 125 Å². The maximum absolute atomic E-state index is 9.13. The highest BCUT2D eigenvalue weighted by Crippen LogP contribution is 2.22. The van der Waals surface area contributed by atoms with Gasteiger partial charge in [-0.15, -0.1) is 0 Å². The van der Waals surface area contributed by atoms with Gasteiger partial charge in [-0.25, -0.2) is 0 Å². The Morgan fingerprint density at radius 3 is 2.52 bits per heavy atom. The normalized spacial score (nSPS) is 15.5. The summed E-state index contributed by atoms with van der Waals surface area (Å²) < 4.78 is 0. The largest absolute Gasteiger partial charge is 0.381 e. The van der Waals surface area contributed by atoms with Crippen LogP contribution in [0.5, 0.6) is 0 Å². The molecule has 0 amide bonds. The highest BCUT2D eigenvalue weighted by molar-refractivity contribution is 5.58. The van der Waals surface area contributed by atoms with Gasteiger partial charge < -0.3 is 10.2 Å². The minimum atomic E-state index is 0.428. The smallest absolute Gasteiger partial charge is 0.101 e. The Kier molecular flexibility index (Phi) is 4.02. The zero-order valence-electron chi connectivity index (χ0n) is 11.9. The molecule has 2 aromatic rings. The van der Waals surface area contributed by atoms with Crippen LogP contribution in [0.3, 0.4) is 0 Å².